The van der Waals surface area contributed by atoms with Crippen LogP contribution in [0.25, 0.3) is 6.08 Å². The van der Waals surface area contributed by atoms with Gasteiger partial charge in [-0.1, -0.05) is 12.1 Å². The second kappa shape index (κ2) is 14.3. The van der Waals surface area contributed by atoms with Gasteiger partial charge in [0.15, 0.2) is 11.6 Å². The molecule has 0 aromatic heterocycles. The van der Waals surface area contributed by atoms with E-state index in [0.717, 1.165) is 18.2 Å². The quantitative estimate of drug-likeness (QED) is 0.0764. The van der Waals surface area contributed by atoms with Gasteiger partial charge < -0.3 is 30.4 Å². The summed E-state index contributed by atoms with van der Waals surface area (Å²) < 4.78 is 99.5. The number of alkyl halides is 5. The molecule has 0 fully saturated rings. The van der Waals surface area contributed by atoms with Crippen molar-refractivity contribution in [3.05, 3.63) is 89.2 Å². The number of anilines is 2. The molecule has 0 unspecified atom stereocenters. The van der Waals surface area contributed by atoms with Crippen molar-refractivity contribution in [3.8, 4) is 11.5 Å². The molecule has 0 heterocycles. The number of hydrogen-bond donors (Lipinski definition) is 2. The van der Waals surface area contributed by atoms with Crippen LogP contribution >= 0.6 is 0 Å². The molecule has 8 nitrogen and oxygen atoms in total. The number of nitrogen functional groups attached to an aromatic ring is 2. The first-order valence-electron chi connectivity index (χ1n) is 12.6. The summed E-state index contributed by atoms with van der Waals surface area (Å²) in [5, 5.41) is 0. The molecule has 0 saturated heterocycles. The summed E-state index contributed by atoms with van der Waals surface area (Å²) >= 11 is 0. The van der Waals surface area contributed by atoms with E-state index in [9.17, 15) is 35.9 Å². The van der Waals surface area contributed by atoms with Crippen molar-refractivity contribution < 1.29 is 54.9 Å². The topological polar surface area (TPSA) is 123 Å². The van der Waals surface area contributed by atoms with E-state index in [1.165, 1.54) is 48.5 Å². The lowest BCUT2D eigenvalue weighted by Crippen LogP contribution is -2.22. The molecule has 0 aliphatic rings. The zero-order valence-corrected chi connectivity index (χ0v) is 22.3. The molecule has 3 aromatic carbocycles. The van der Waals surface area contributed by atoms with Crippen LogP contribution in [-0.2, 0) is 20.4 Å². The Morgan fingerprint density at radius 3 is 2.09 bits per heavy atom. The Kier molecular flexibility index (Phi) is 10.9. The number of hydrogen-bond acceptors (Lipinski definition) is 8. The number of nitrogens with two attached hydrogens (primary N) is 2. The van der Waals surface area contributed by atoms with E-state index in [0.29, 0.717) is 11.6 Å². The third kappa shape index (κ3) is 10.8. The summed E-state index contributed by atoms with van der Waals surface area (Å²) in [5.41, 5.74) is 11.5. The molecule has 0 amide bonds. The van der Waals surface area contributed by atoms with Crippen molar-refractivity contribution >= 4 is 29.4 Å². The van der Waals surface area contributed by atoms with E-state index in [1.807, 2.05) is 0 Å². The normalized spacial score (nSPS) is 11.8. The summed E-state index contributed by atoms with van der Waals surface area (Å²) in [7, 11) is 0. The van der Waals surface area contributed by atoms with E-state index in [2.05, 4.69) is 0 Å². The number of benzene rings is 3. The summed E-state index contributed by atoms with van der Waals surface area (Å²) in [6, 6.07) is 11.5. The molecular weight excluding hydrogens is 586 g/mol. The average molecular weight is 613 g/mol. The fraction of sp³-hybridized carbons (Fsp3) is 0.241. The maximum Gasteiger partial charge on any atom is 0.426 e. The van der Waals surface area contributed by atoms with Gasteiger partial charge in [0.1, 0.15) is 19.0 Å². The number of rotatable bonds is 13. The highest BCUT2D eigenvalue weighted by molar-refractivity contribution is 5.91. The predicted molar refractivity (Wildman–Crippen MR) is 144 cm³/mol. The molecule has 43 heavy (non-hydrogen) atoms. The third-order valence-corrected chi connectivity index (χ3v) is 5.44. The summed E-state index contributed by atoms with van der Waals surface area (Å²) in [4.78, 5) is 23.9. The first-order chi connectivity index (χ1) is 20.2. The molecule has 0 bridgehead atoms. The van der Waals surface area contributed by atoms with Crippen molar-refractivity contribution in [2.24, 2.45) is 0 Å². The Morgan fingerprint density at radius 2 is 1.47 bits per heavy atom. The Balaban J connectivity index is 1.45. The van der Waals surface area contributed by atoms with Crippen molar-refractivity contribution in [2.75, 3.05) is 31.3 Å². The molecule has 0 atom stereocenters. The van der Waals surface area contributed by atoms with Crippen LogP contribution < -0.4 is 20.9 Å². The number of halogens is 6. The van der Waals surface area contributed by atoms with E-state index < -0.39 is 60.8 Å². The zero-order valence-electron chi connectivity index (χ0n) is 22.3. The van der Waals surface area contributed by atoms with E-state index in [1.54, 1.807) is 0 Å². The van der Waals surface area contributed by atoms with Gasteiger partial charge in [0.05, 0.1) is 17.7 Å². The largest absolute Gasteiger partial charge is 0.491 e. The van der Waals surface area contributed by atoms with Crippen LogP contribution in [0.2, 0.25) is 0 Å². The van der Waals surface area contributed by atoms with Crippen molar-refractivity contribution in [3.63, 3.8) is 0 Å². The SMILES string of the molecule is Nc1cc(N)cc(C(=O)OCCOC(=O)C=Cc2ccc(OC(F)(F)c3ccc(OCCCC(F)(F)F)c(F)c3)cc2)c1. The molecule has 230 valence electrons. The van der Waals surface area contributed by atoms with Crippen LogP contribution in [0.1, 0.15) is 34.3 Å². The fourth-order valence-electron chi connectivity index (χ4n) is 3.47. The maximum atomic E-state index is 14.6. The van der Waals surface area contributed by atoms with Gasteiger partial charge in [-0.15, -0.1) is 0 Å². The van der Waals surface area contributed by atoms with E-state index in [-0.39, 0.29) is 35.9 Å². The number of carbonyl (C=O) groups excluding carboxylic acids is 2. The minimum atomic E-state index is -4.39. The Bertz CT molecular complexity index is 1420. The second-order valence-corrected chi connectivity index (χ2v) is 8.93. The van der Waals surface area contributed by atoms with Crippen molar-refractivity contribution in [1.82, 2.24) is 0 Å². The maximum absolute atomic E-state index is 14.6. The smallest absolute Gasteiger partial charge is 0.426 e. The van der Waals surface area contributed by atoms with Gasteiger partial charge in [0, 0.05) is 23.9 Å². The van der Waals surface area contributed by atoms with E-state index >= 15 is 0 Å². The first-order valence-corrected chi connectivity index (χ1v) is 12.6. The molecule has 14 heteroatoms. The van der Waals surface area contributed by atoms with Gasteiger partial charge in [0.2, 0.25) is 0 Å². The lowest BCUT2D eigenvalue weighted by Gasteiger charge is -2.19. The van der Waals surface area contributed by atoms with Crippen LogP contribution in [0.3, 0.4) is 0 Å². The van der Waals surface area contributed by atoms with Gasteiger partial charge >= 0.3 is 24.2 Å². The lowest BCUT2D eigenvalue weighted by atomic mass is 10.2. The van der Waals surface area contributed by atoms with Gasteiger partial charge in [-0.25, -0.2) is 14.0 Å². The molecule has 0 radical (unpaired) electrons. The van der Waals surface area contributed by atoms with Crippen LogP contribution in [0, 0.1) is 5.82 Å². The zero-order chi connectivity index (χ0) is 31.6. The van der Waals surface area contributed by atoms with Crippen LogP contribution in [-0.4, -0.2) is 37.9 Å². The van der Waals surface area contributed by atoms with Crippen molar-refractivity contribution in [2.45, 2.75) is 25.1 Å². The van der Waals surface area contributed by atoms with Crippen LogP contribution in [0.4, 0.5) is 37.7 Å². The Labute approximate surface area is 241 Å². The highest BCUT2D eigenvalue weighted by Gasteiger charge is 2.35. The molecule has 3 rings (SSSR count). The molecule has 0 spiro atoms. The summed E-state index contributed by atoms with van der Waals surface area (Å²) in [6.45, 7) is -0.910. The second-order valence-electron chi connectivity index (χ2n) is 8.93. The van der Waals surface area contributed by atoms with Gasteiger partial charge in [-0.05, 0) is 66.6 Å². The minimum absolute atomic E-state index is 0.143. The van der Waals surface area contributed by atoms with E-state index in [4.69, 9.17) is 30.4 Å². The molecule has 0 aliphatic heterocycles. The van der Waals surface area contributed by atoms with Crippen LogP contribution in [0.15, 0.2) is 66.7 Å². The summed E-state index contributed by atoms with van der Waals surface area (Å²) in [6.07, 6.45) is -7.48. The molecule has 4 N–H and O–H groups in total. The highest BCUT2D eigenvalue weighted by atomic mass is 19.4. The average Bonchev–Trinajstić information content (AvgIpc) is 2.92. The molecule has 0 aliphatic carbocycles. The minimum Gasteiger partial charge on any atom is -0.491 e. The monoisotopic (exact) mass is 612 g/mol. The van der Waals surface area contributed by atoms with Gasteiger partial charge in [0.25, 0.3) is 0 Å². The lowest BCUT2D eigenvalue weighted by molar-refractivity contribution is -0.185. The number of esters is 2. The fourth-order valence-corrected chi connectivity index (χ4v) is 3.47. The predicted octanol–water partition coefficient (Wildman–Crippen LogP) is 6.25. The highest BCUT2D eigenvalue weighted by Crippen LogP contribution is 2.34. The standard InChI is InChI=1S/C29H26F6N2O6/c30-24-16-20(5-8-25(24)40-11-1-10-28(31,32)33)29(34,35)43-23-6-2-18(3-7-23)4-9-26(38)41-12-13-42-27(39)19-14-21(36)17-22(37)15-19/h2-9,14-17H,1,10-13,36-37H2. The van der Waals surface area contributed by atoms with Crippen LogP contribution in [0.5, 0.6) is 11.5 Å². The number of carbonyl (C=O) groups is 2. The Morgan fingerprint density at radius 1 is 0.814 bits per heavy atom. The first kappa shape index (κ1) is 32.6. The molecular formula is C29H26F6N2O6. The molecule has 3 aromatic rings. The number of ether oxygens (including phenoxy) is 4. The van der Waals surface area contributed by atoms with Gasteiger partial charge in [-0.3, -0.25) is 0 Å². The third-order valence-electron chi connectivity index (χ3n) is 5.44. The van der Waals surface area contributed by atoms with Gasteiger partial charge in [-0.2, -0.15) is 22.0 Å². The Hall–Kier alpha value is -4.88. The van der Waals surface area contributed by atoms with Crippen molar-refractivity contribution in [1.29, 1.82) is 0 Å². The summed E-state index contributed by atoms with van der Waals surface area (Å²) in [5.74, 6) is -3.40. The molecule has 0 saturated carbocycles.